The number of hydrogen-bond donors (Lipinski definition) is 2. The van der Waals surface area contributed by atoms with Crippen molar-refractivity contribution in [1.29, 1.82) is 0 Å². The van der Waals surface area contributed by atoms with Crippen molar-refractivity contribution in [2.45, 2.75) is 25.8 Å². The lowest BCUT2D eigenvalue weighted by Crippen LogP contribution is -2.32. The van der Waals surface area contributed by atoms with Gasteiger partial charge in [0.2, 0.25) is 5.91 Å². The molecule has 1 aromatic rings. The van der Waals surface area contributed by atoms with Crippen LogP contribution in [0.3, 0.4) is 0 Å². The van der Waals surface area contributed by atoms with Gasteiger partial charge >= 0.3 is 5.97 Å². The number of aliphatic carboxylic acids is 1. The summed E-state index contributed by atoms with van der Waals surface area (Å²) in [5.74, 6) is -1.24. The smallest absolute Gasteiger partial charge is 0.310 e. The molecule has 0 aromatic heterocycles. The van der Waals surface area contributed by atoms with Crippen molar-refractivity contribution < 1.29 is 14.7 Å². The van der Waals surface area contributed by atoms with Crippen molar-refractivity contribution >= 4 is 11.9 Å². The van der Waals surface area contributed by atoms with Gasteiger partial charge in [-0.05, 0) is 24.5 Å². The average Bonchev–Trinajstić information content (AvgIpc) is 2.63. The Hall–Kier alpha value is -1.88. The Balaban J connectivity index is 1.99. The van der Waals surface area contributed by atoms with Crippen LogP contribution in [0.25, 0.3) is 0 Å². The molecule has 1 unspecified atom stereocenters. The maximum Gasteiger partial charge on any atom is 0.310 e. The molecule has 2 N–H and O–H groups in total. The van der Waals surface area contributed by atoms with Crippen LogP contribution in [0.1, 0.15) is 30.4 Å². The number of carboxylic acid groups (broad SMARTS) is 1. The molecule has 108 valence electrons. The van der Waals surface area contributed by atoms with Crippen LogP contribution in [0.2, 0.25) is 0 Å². The molecule has 0 saturated carbocycles. The first-order valence-electron chi connectivity index (χ1n) is 6.87. The highest BCUT2D eigenvalue weighted by Gasteiger charge is 2.16. The number of rotatable bonds is 4. The molecule has 1 amide bonds. The monoisotopic (exact) mass is 276 g/mol. The molecule has 1 aliphatic heterocycles. The molecule has 1 fully saturated rings. The van der Waals surface area contributed by atoms with E-state index in [0.717, 1.165) is 37.2 Å². The second kappa shape index (κ2) is 6.52. The van der Waals surface area contributed by atoms with E-state index in [9.17, 15) is 9.59 Å². The summed E-state index contributed by atoms with van der Waals surface area (Å²) in [4.78, 5) is 24.5. The van der Waals surface area contributed by atoms with E-state index in [-0.39, 0.29) is 5.91 Å². The first kappa shape index (κ1) is 14.5. The summed E-state index contributed by atoms with van der Waals surface area (Å²) in [7, 11) is 0. The SMILES string of the molecule is CC(C(=O)O)c1ccc(CN2CCCNC(=O)C2)cc1. The third-order valence-corrected chi connectivity index (χ3v) is 3.60. The highest BCUT2D eigenvalue weighted by Crippen LogP contribution is 2.17. The largest absolute Gasteiger partial charge is 0.481 e. The molecular weight excluding hydrogens is 256 g/mol. The maximum atomic E-state index is 11.5. The summed E-state index contributed by atoms with van der Waals surface area (Å²) in [5.41, 5.74) is 1.90. The van der Waals surface area contributed by atoms with Gasteiger partial charge < -0.3 is 10.4 Å². The molecule has 1 aromatic carbocycles. The van der Waals surface area contributed by atoms with Crippen LogP contribution in [0.15, 0.2) is 24.3 Å². The first-order valence-corrected chi connectivity index (χ1v) is 6.87. The van der Waals surface area contributed by atoms with E-state index in [2.05, 4.69) is 10.2 Å². The molecule has 20 heavy (non-hydrogen) atoms. The Labute approximate surface area is 118 Å². The number of carboxylic acids is 1. The molecule has 1 aliphatic rings. The normalized spacial score (nSPS) is 18.1. The molecule has 1 atom stereocenters. The van der Waals surface area contributed by atoms with Gasteiger partial charge in [0.15, 0.2) is 0 Å². The minimum atomic E-state index is -0.818. The lowest BCUT2D eigenvalue weighted by molar-refractivity contribution is -0.138. The van der Waals surface area contributed by atoms with Crippen LogP contribution < -0.4 is 5.32 Å². The summed E-state index contributed by atoms with van der Waals surface area (Å²) in [5, 5.41) is 11.8. The molecule has 5 heteroatoms. The van der Waals surface area contributed by atoms with E-state index in [4.69, 9.17) is 5.11 Å². The van der Waals surface area contributed by atoms with E-state index >= 15 is 0 Å². The van der Waals surface area contributed by atoms with Crippen molar-refractivity contribution in [2.75, 3.05) is 19.6 Å². The Kier molecular flexibility index (Phi) is 4.74. The van der Waals surface area contributed by atoms with E-state index < -0.39 is 11.9 Å². The zero-order chi connectivity index (χ0) is 14.5. The highest BCUT2D eigenvalue weighted by atomic mass is 16.4. The highest BCUT2D eigenvalue weighted by molar-refractivity contribution is 5.78. The van der Waals surface area contributed by atoms with Crippen molar-refractivity contribution in [1.82, 2.24) is 10.2 Å². The molecule has 0 radical (unpaired) electrons. The third kappa shape index (κ3) is 3.81. The zero-order valence-corrected chi connectivity index (χ0v) is 11.6. The lowest BCUT2D eigenvalue weighted by atomic mass is 10.00. The van der Waals surface area contributed by atoms with Crippen LogP contribution in [0.5, 0.6) is 0 Å². The molecule has 5 nitrogen and oxygen atoms in total. The number of nitrogens with one attached hydrogen (secondary N) is 1. The topological polar surface area (TPSA) is 69.6 Å². The third-order valence-electron chi connectivity index (χ3n) is 3.60. The van der Waals surface area contributed by atoms with Gasteiger partial charge in [-0.15, -0.1) is 0 Å². The van der Waals surface area contributed by atoms with Crippen molar-refractivity contribution in [3.05, 3.63) is 35.4 Å². The van der Waals surface area contributed by atoms with Crippen LogP contribution >= 0.6 is 0 Å². The zero-order valence-electron chi connectivity index (χ0n) is 11.6. The fraction of sp³-hybridized carbons (Fsp3) is 0.467. The second-order valence-corrected chi connectivity index (χ2v) is 5.22. The Morgan fingerprint density at radius 1 is 1.40 bits per heavy atom. The second-order valence-electron chi connectivity index (χ2n) is 5.22. The van der Waals surface area contributed by atoms with Gasteiger partial charge in [-0.1, -0.05) is 24.3 Å². The average molecular weight is 276 g/mol. The van der Waals surface area contributed by atoms with Crippen LogP contribution in [0.4, 0.5) is 0 Å². The standard InChI is InChI=1S/C15H20N2O3/c1-11(15(19)20)13-5-3-12(4-6-13)9-17-8-2-7-16-14(18)10-17/h3-6,11H,2,7-10H2,1H3,(H,16,18)(H,19,20). The molecule has 0 aliphatic carbocycles. The van der Waals surface area contributed by atoms with Crippen LogP contribution in [-0.4, -0.2) is 41.5 Å². The Morgan fingerprint density at radius 2 is 2.10 bits per heavy atom. The number of carbonyl (C=O) groups excluding carboxylic acids is 1. The van der Waals surface area contributed by atoms with Gasteiger partial charge in [0.25, 0.3) is 0 Å². The minimum absolute atomic E-state index is 0.0682. The van der Waals surface area contributed by atoms with Crippen LogP contribution in [-0.2, 0) is 16.1 Å². The fourth-order valence-electron chi connectivity index (χ4n) is 2.32. The van der Waals surface area contributed by atoms with Crippen LogP contribution in [0, 0.1) is 0 Å². The quantitative estimate of drug-likeness (QED) is 0.867. The summed E-state index contributed by atoms with van der Waals surface area (Å²) < 4.78 is 0. The van der Waals surface area contributed by atoms with E-state index in [0.29, 0.717) is 6.54 Å². The van der Waals surface area contributed by atoms with Gasteiger partial charge in [-0.2, -0.15) is 0 Å². The number of nitrogens with zero attached hydrogens (tertiary/aromatic N) is 1. The lowest BCUT2D eigenvalue weighted by Gasteiger charge is -2.18. The number of amides is 1. The predicted octanol–water partition coefficient (Wildman–Crippen LogP) is 1.20. The van der Waals surface area contributed by atoms with Crippen molar-refractivity contribution in [3.8, 4) is 0 Å². The summed E-state index contributed by atoms with van der Waals surface area (Å²) in [6, 6.07) is 7.59. The van der Waals surface area contributed by atoms with Gasteiger partial charge in [0, 0.05) is 19.6 Å². The summed E-state index contributed by atoms with van der Waals surface area (Å²) >= 11 is 0. The van der Waals surface area contributed by atoms with Gasteiger partial charge in [-0.25, -0.2) is 0 Å². The molecule has 0 spiro atoms. The fourth-order valence-corrected chi connectivity index (χ4v) is 2.32. The minimum Gasteiger partial charge on any atom is -0.481 e. The first-order chi connectivity index (χ1) is 9.56. The van der Waals surface area contributed by atoms with E-state index in [1.807, 2.05) is 24.3 Å². The van der Waals surface area contributed by atoms with E-state index in [1.165, 1.54) is 0 Å². The summed E-state index contributed by atoms with van der Waals surface area (Å²) in [6.07, 6.45) is 0.958. The molecule has 1 saturated heterocycles. The predicted molar refractivity (Wildman–Crippen MR) is 75.4 cm³/mol. The summed E-state index contributed by atoms with van der Waals surface area (Å²) in [6.45, 7) is 4.45. The Morgan fingerprint density at radius 3 is 2.75 bits per heavy atom. The molecule has 0 bridgehead atoms. The Bertz CT molecular complexity index is 484. The number of carbonyl (C=O) groups is 2. The van der Waals surface area contributed by atoms with Crippen molar-refractivity contribution in [2.24, 2.45) is 0 Å². The van der Waals surface area contributed by atoms with Gasteiger partial charge in [-0.3, -0.25) is 14.5 Å². The van der Waals surface area contributed by atoms with Gasteiger partial charge in [0.05, 0.1) is 12.5 Å². The molecule has 1 heterocycles. The van der Waals surface area contributed by atoms with E-state index in [1.54, 1.807) is 6.92 Å². The number of benzene rings is 1. The van der Waals surface area contributed by atoms with Crippen molar-refractivity contribution in [3.63, 3.8) is 0 Å². The molecular formula is C15H20N2O3. The maximum absolute atomic E-state index is 11.5. The number of hydrogen-bond acceptors (Lipinski definition) is 3. The van der Waals surface area contributed by atoms with Gasteiger partial charge in [0.1, 0.15) is 0 Å². The molecule has 2 rings (SSSR count).